The highest BCUT2D eigenvalue weighted by Gasteiger charge is 2.28. The van der Waals surface area contributed by atoms with Gasteiger partial charge >= 0.3 is 0 Å². The summed E-state index contributed by atoms with van der Waals surface area (Å²) in [6.07, 6.45) is 4.47. The second kappa shape index (κ2) is 11.6. The van der Waals surface area contributed by atoms with Crippen LogP contribution in [0.25, 0.3) is 0 Å². The quantitative estimate of drug-likeness (QED) is 0.248. The fourth-order valence-corrected chi connectivity index (χ4v) is 5.04. The van der Waals surface area contributed by atoms with Crippen LogP contribution in [0.3, 0.4) is 0 Å². The predicted molar refractivity (Wildman–Crippen MR) is 122 cm³/mol. The molecule has 0 saturated heterocycles. The first kappa shape index (κ1) is 21.3. The van der Waals surface area contributed by atoms with Gasteiger partial charge < -0.3 is 9.47 Å². The average Bonchev–Trinajstić information content (AvgIpc) is 2.77. The average molecular weight is 408 g/mol. The highest BCUT2D eigenvalue weighted by molar-refractivity contribution is 7.97. The molecule has 0 bridgehead atoms. The minimum atomic E-state index is -0.157. The van der Waals surface area contributed by atoms with E-state index in [9.17, 15) is 0 Å². The Morgan fingerprint density at radius 2 is 0.966 bits per heavy atom. The molecule has 0 atom stereocenters. The first-order valence-corrected chi connectivity index (χ1v) is 11.8. The number of rotatable bonds is 11. The first-order chi connectivity index (χ1) is 14.3. The van der Waals surface area contributed by atoms with E-state index in [1.807, 2.05) is 0 Å². The van der Waals surface area contributed by atoms with Gasteiger partial charge in [0.25, 0.3) is 0 Å². The van der Waals surface area contributed by atoms with Crippen LogP contribution in [-0.2, 0) is 10.9 Å². The smallest absolute Gasteiger partial charge is 0.166 e. The van der Waals surface area contributed by atoms with Crippen LogP contribution < -0.4 is 9.47 Å². The Balaban J connectivity index is 1.82. The zero-order chi connectivity index (χ0) is 20.3. The van der Waals surface area contributed by atoms with Gasteiger partial charge in [-0.2, -0.15) is 0 Å². The van der Waals surface area contributed by atoms with Crippen molar-refractivity contribution in [2.45, 2.75) is 54.2 Å². The van der Waals surface area contributed by atoms with Gasteiger partial charge in [0.05, 0.1) is 24.1 Å². The third-order valence-electron chi connectivity index (χ3n) is 4.63. The van der Waals surface area contributed by atoms with Gasteiger partial charge in [-0.15, -0.1) is 0 Å². The van der Waals surface area contributed by atoms with E-state index in [1.165, 1.54) is 14.7 Å². The van der Waals surface area contributed by atoms with Crippen molar-refractivity contribution in [3.8, 4) is 11.5 Å². The maximum Gasteiger partial charge on any atom is 0.166 e. The molecule has 2 nitrogen and oxygen atoms in total. The van der Waals surface area contributed by atoms with E-state index in [0.717, 1.165) is 50.4 Å². The summed E-state index contributed by atoms with van der Waals surface area (Å²) in [6, 6.07) is 27.9. The van der Waals surface area contributed by atoms with E-state index in [0.29, 0.717) is 0 Å². The molecular weight excluding hydrogens is 376 g/mol. The van der Waals surface area contributed by atoms with Gasteiger partial charge in [0.15, 0.2) is 14.7 Å². The molecule has 3 aromatic carbocycles. The summed E-state index contributed by atoms with van der Waals surface area (Å²) in [5, 5.41) is 0. The fraction of sp³-hybridized carbons (Fsp3) is 0.308. The predicted octanol–water partition coefficient (Wildman–Crippen LogP) is 7.14. The van der Waals surface area contributed by atoms with Crippen LogP contribution >= 0.6 is 0 Å². The van der Waals surface area contributed by atoms with Crippen LogP contribution in [0, 0.1) is 0 Å². The highest BCUT2D eigenvalue weighted by atomic mass is 32.2. The molecule has 0 radical (unpaired) electrons. The molecule has 0 aliphatic heterocycles. The normalized spacial score (nSPS) is 10.9. The van der Waals surface area contributed by atoms with Crippen molar-refractivity contribution in [3.05, 3.63) is 78.9 Å². The van der Waals surface area contributed by atoms with Gasteiger partial charge in [0, 0.05) is 0 Å². The molecule has 0 spiro atoms. The molecule has 0 heterocycles. The van der Waals surface area contributed by atoms with Crippen molar-refractivity contribution in [1.29, 1.82) is 0 Å². The summed E-state index contributed by atoms with van der Waals surface area (Å²) in [5.74, 6) is 1.89. The molecule has 0 saturated carbocycles. The molecule has 0 aromatic heterocycles. The number of hydrogen-bond acceptors (Lipinski definition) is 2. The molecule has 3 rings (SSSR count). The fourth-order valence-electron chi connectivity index (χ4n) is 2.98. The van der Waals surface area contributed by atoms with Crippen molar-refractivity contribution < 1.29 is 9.47 Å². The van der Waals surface area contributed by atoms with Gasteiger partial charge in [-0.05, 0) is 73.5 Å². The number of ether oxygens (including phenoxy) is 2. The SMILES string of the molecule is CCCCOc1ccc([S+](c2ccccc2)c2ccc(OCCCC)cc2)cc1. The third kappa shape index (κ3) is 6.30. The number of unbranched alkanes of at least 4 members (excludes halogenated alkanes) is 2. The second-order valence-electron chi connectivity index (χ2n) is 6.97. The highest BCUT2D eigenvalue weighted by Crippen LogP contribution is 2.33. The summed E-state index contributed by atoms with van der Waals surface area (Å²) in [7, 11) is -0.157. The Hall–Kier alpha value is -2.39. The Labute approximate surface area is 178 Å². The van der Waals surface area contributed by atoms with Crippen LogP contribution in [0.15, 0.2) is 93.5 Å². The van der Waals surface area contributed by atoms with Crippen LogP contribution in [0.5, 0.6) is 11.5 Å². The summed E-state index contributed by atoms with van der Waals surface area (Å²) >= 11 is 0. The molecule has 152 valence electrons. The standard InChI is InChI=1S/C26H31O2S/c1-3-5-20-27-22-12-16-25(17-13-22)29(24-10-8-7-9-11-24)26-18-14-23(15-19-26)28-21-6-4-2/h7-19H,3-6,20-21H2,1-2H3/q+1. The molecule has 0 unspecified atom stereocenters. The van der Waals surface area contributed by atoms with E-state index < -0.39 is 0 Å². The lowest BCUT2D eigenvalue weighted by Crippen LogP contribution is -2.05. The van der Waals surface area contributed by atoms with Gasteiger partial charge in [0.1, 0.15) is 11.5 Å². The van der Waals surface area contributed by atoms with E-state index in [4.69, 9.17) is 9.47 Å². The molecule has 0 aliphatic rings. The Morgan fingerprint density at radius 3 is 1.38 bits per heavy atom. The van der Waals surface area contributed by atoms with Gasteiger partial charge in [-0.3, -0.25) is 0 Å². The summed E-state index contributed by atoms with van der Waals surface area (Å²) in [5.41, 5.74) is 0. The van der Waals surface area contributed by atoms with Gasteiger partial charge in [0.2, 0.25) is 0 Å². The molecule has 0 N–H and O–H groups in total. The summed E-state index contributed by atoms with van der Waals surface area (Å²) < 4.78 is 11.7. The zero-order valence-corrected chi connectivity index (χ0v) is 18.3. The minimum Gasteiger partial charge on any atom is -0.494 e. The van der Waals surface area contributed by atoms with Crippen LogP contribution in [0.2, 0.25) is 0 Å². The number of benzene rings is 3. The molecule has 0 aliphatic carbocycles. The maximum absolute atomic E-state index is 5.84. The molecular formula is C26H31O2S+. The van der Waals surface area contributed by atoms with E-state index in [-0.39, 0.29) is 10.9 Å². The van der Waals surface area contributed by atoms with Crippen LogP contribution in [0.4, 0.5) is 0 Å². The van der Waals surface area contributed by atoms with E-state index in [1.54, 1.807) is 0 Å². The molecule has 3 aromatic rings. The minimum absolute atomic E-state index is 0.157. The van der Waals surface area contributed by atoms with E-state index >= 15 is 0 Å². The van der Waals surface area contributed by atoms with Gasteiger partial charge in [-0.1, -0.05) is 44.9 Å². The zero-order valence-electron chi connectivity index (χ0n) is 17.5. The second-order valence-corrected chi connectivity index (χ2v) is 8.99. The summed E-state index contributed by atoms with van der Waals surface area (Å²) in [4.78, 5) is 3.89. The van der Waals surface area contributed by atoms with Crippen molar-refractivity contribution in [1.82, 2.24) is 0 Å². The van der Waals surface area contributed by atoms with Gasteiger partial charge in [-0.25, -0.2) is 0 Å². The third-order valence-corrected chi connectivity index (χ3v) is 6.86. The number of hydrogen-bond donors (Lipinski definition) is 0. The van der Waals surface area contributed by atoms with Crippen molar-refractivity contribution in [2.75, 3.05) is 13.2 Å². The van der Waals surface area contributed by atoms with Crippen molar-refractivity contribution in [3.63, 3.8) is 0 Å². The largest absolute Gasteiger partial charge is 0.494 e. The van der Waals surface area contributed by atoms with Crippen molar-refractivity contribution >= 4 is 10.9 Å². The summed E-state index contributed by atoms with van der Waals surface area (Å²) in [6.45, 7) is 5.91. The Morgan fingerprint density at radius 1 is 0.552 bits per heavy atom. The lowest BCUT2D eigenvalue weighted by Gasteiger charge is -2.10. The monoisotopic (exact) mass is 407 g/mol. The Bertz CT molecular complexity index is 775. The molecule has 0 amide bonds. The molecule has 3 heteroatoms. The lowest BCUT2D eigenvalue weighted by molar-refractivity contribution is 0.309. The topological polar surface area (TPSA) is 18.5 Å². The molecule has 29 heavy (non-hydrogen) atoms. The van der Waals surface area contributed by atoms with Crippen molar-refractivity contribution in [2.24, 2.45) is 0 Å². The molecule has 0 fully saturated rings. The van der Waals surface area contributed by atoms with Crippen LogP contribution in [0.1, 0.15) is 39.5 Å². The lowest BCUT2D eigenvalue weighted by atomic mass is 10.3. The van der Waals surface area contributed by atoms with Crippen LogP contribution in [-0.4, -0.2) is 13.2 Å². The first-order valence-electron chi connectivity index (χ1n) is 10.6. The maximum atomic E-state index is 5.84. The Kier molecular flexibility index (Phi) is 8.51. The van der Waals surface area contributed by atoms with E-state index in [2.05, 4.69) is 92.7 Å².